The van der Waals surface area contributed by atoms with Crippen LogP contribution in [0.3, 0.4) is 0 Å². The van der Waals surface area contributed by atoms with Gasteiger partial charge in [0.1, 0.15) is 0 Å². The first-order chi connectivity index (χ1) is 7.75. The van der Waals surface area contributed by atoms with Crippen LogP contribution in [0, 0.1) is 0 Å². The SMILES string of the molecule is O=C1NC(OCc2ccccc2)C=CN1I. The van der Waals surface area contributed by atoms with Crippen LogP contribution >= 0.6 is 22.9 Å². The van der Waals surface area contributed by atoms with E-state index in [1.165, 1.54) is 3.11 Å². The van der Waals surface area contributed by atoms with E-state index in [0.29, 0.717) is 6.61 Å². The molecule has 5 heteroatoms. The van der Waals surface area contributed by atoms with Gasteiger partial charge in [0.25, 0.3) is 0 Å². The van der Waals surface area contributed by atoms with E-state index in [1.807, 2.05) is 53.2 Å². The molecule has 1 atom stereocenters. The van der Waals surface area contributed by atoms with Gasteiger partial charge in [-0.2, -0.15) is 0 Å². The van der Waals surface area contributed by atoms with Crippen molar-refractivity contribution in [3.05, 3.63) is 48.2 Å². The zero-order valence-corrected chi connectivity index (χ0v) is 10.6. The Morgan fingerprint density at radius 3 is 2.81 bits per heavy atom. The number of ether oxygens (including phenoxy) is 1. The number of nitrogens with one attached hydrogen (secondary N) is 1. The summed E-state index contributed by atoms with van der Waals surface area (Å²) < 4.78 is 6.98. The summed E-state index contributed by atoms with van der Waals surface area (Å²) in [5, 5.41) is 2.71. The summed E-state index contributed by atoms with van der Waals surface area (Å²) in [4.78, 5) is 11.3. The predicted molar refractivity (Wildman–Crippen MR) is 68.5 cm³/mol. The molecule has 0 spiro atoms. The molecular weight excluding hydrogens is 319 g/mol. The molecule has 1 heterocycles. The highest BCUT2D eigenvalue weighted by atomic mass is 127. The molecule has 0 bridgehead atoms. The summed E-state index contributed by atoms with van der Waals surface area (Å²) in [6.45, 7) is 0.484. The monoisotopic (exact) mass is 330 g/mol. The molecule has 16 heavy (non-hydrogen) atoms. The van der Waals surface area contributed by atoms with Crippen LogP contribution in [0.25, 0.3) is 0 Å². The number of rotatable bonds is 3. The van der Waals surface area contributed by atoms with E-state index in [9.17, 15) is 4.79 Å². The molecule has 2 rings (SSSR count). The largest absolute Gasteiger partial charge is 0.350 e. The maximum Gasteiger partial charge on any atom is 0.332 e. The zero-order valence-electron chi connectivity index (χ0n) is 8.47. The molecule has 0 saturated carbocycles. The summed E-state index contributed by atoms with van der Waals surface area (Å²) in [7, 11) is 0. The van der Waals surface area contributed by atoms with E-state index in [0.717, 1.165) is 5.56 Å². The van der Waals surface area contributed by atoms with Crippen LogP contribution in [0.4, 0.5) is 4.79 Å². The van der Waals surface area contributed by atoms with Gasteiger partial charge in [-0.1, -0.05) is 30.3 Å². The van der Waals surface area contributed by atoms with Crippen LogP contribution in [0.2, 0.25) is 0 Å². The molecule has 0 radical (unpaired) electrons. The molecule has 0 aromatic heterocycles. The van der Waals surface area contributed by atoms with Crippen LogP contribution in [0.15, 0.2) is 42.6 Å². The van der Waals surface area contributed by atoms with Crippen molar-refractivity contribution in [2.45, 2.75) is 12.8 Å². The van der Waals surface area contributed by atoms with Crippen molar-refractivity contribution in [1.82, 2.24) is 8.43 Å². The number of hydrogen-bond donors (Lipinski definition) is 1. The van der Waals surface area contributed by atoms with Crippen molar-refractivity contribution in [3.63, 3.8) is 0 Å². The Morgan fingerprint density at radius 1 is 1.38 bits per heavy atom. The van der Waals surface area contributed by atoms with Crippen molar-refractivity contribution in [2.24, 2.45) is 0 Å². The van der Waals surface area contributed by atoms with Crippen LogP contribution < -0.4 is 5.32 Å². The Balaban J connectivity index is 1.88. The molecule has 1 aliphatic heterocycles. The van der Waals surface area contributed by atoms with Crippen molar-refractivity contribution in [1.29, 1.82) is 0 Å². The Hall–Kier alpha value is -1.08. The average Bonchev–Trinajstić information content (AvgIpc) is 2.32. The van der Waals surface area contributed by atoms with E-state index < -0.39 is 0 Å². The quantitative estimate of drug-likeness (QED) is 0.683. The first kappa shape index (κ1) is 11.4. The molecule has 1 aliphatic rings. The number of hydrogen-bond acceptors (Lipinski definition) is 2. The molecule has 4 nitrogen and oxygen atoms in total. The van der Waals surface area contributed by atoms with E-state index in [-0.39, 0.29) is 12.3 Å². The van der Waals surface area contributed by atoms with Crippen molar-refractivity contribution in [2.75, 3.05) is 0 Å². The molecular formula is C11H11IN2O2. The third-order valence-electron chi connectivity index (χ3n) is 2.12. The van der Waals surface area contributed by atoms with Gasteiger partial charge in [0.05, 0.1) is 29.5 Å². The topological polar surface area (TPSA) is 41.6 Å². The molecule has 1 aromatic carbocycles. The highest BCUT2D eigenvalue weighted by Crippen LogP contribution is 2.10. The second-order valence-electron chi connectivity index (χ2n) is 3.32. The summed E-state index contributed by atoms with van der Waals surface area (Å²) in [5.74, 6) is 0. The summed E-state index contributed by atoms with van der Waals surface area (Å²) in [6.07, 6.45) is 3.14. The second kappa shape index (κ2) is 5.31. The summed E-state index contributed by atoms with van der Waals surface area (Å²) in [5.41, 5.74) is 1.09. The van der Waals surface area contributed by atoms with Gasteiger partial charge in [-0.3, -0.25) is 0 Å². The van der Waals surface area contributed by atoms with Gasteiger partial charge >= 0.3 is 6.03 Å². The van der Waals surface area contributed by atoms with Gasteiger partial charge in [0, 0.05) is 6.20 Å². The lowest BCUT2D eigenvalue weighted by molar-refractivity contribution is 0.0522. The van der Waals surface area contributed by atoms with Gasteiger partial charge < -0.3 is 10.1 Å². The summed E-state index contributed by atoms with van der Waals surface area (Å²) >= 11 is 1.91. The van der Waals surface area contributed by atoms with Gasteiger partial charge in [-0.25, -0.2) is 7.91 Å². The standard InChI is InChI=1S/C11H11IN2O2/c12-14-7-6-10(13-11(14)15)16-8-9-4-2-1-3-5-9/h1-7,10H,8H2,(H,13,15). The van der Waals surface area contributed by atoms with Gasteiger partial charge in [-0.05, 0) is 11.6 Å². The summed E-state index contributed by atoms with van der Waals surface area (Å²) in [6, 6.07) is 9.68. The van der Waals surface area contributed by atoms with Gasteiger partial charge in [0.2, 0.25) is 0 Å². The lowest BCUT2D eigenvalue weighted by Gasteiger charge is -2.23. The number of urea groups is 1. The van der Waals surface area contributed by atoms with Crippen LogP contribution in [-0.4, -0.2) is 15.4 Å². The van der Waals surface area contributed by atoms with E-state index >= 15 is 0 Å². The fraction of sp³-hybridized carbons (Fsp3) is 0.182. The van der Waals surface area contributed by atoms with E-state index in [2.05, 4.69) is 5.32 Å². The lowest BCUT2D eigenvalue weighted by Crippen LogP contribution is -2.42. The molecule has 2 amide bonds. The number of benzene rings is 1. The Morgan fingerprint density at radius 2 is 2.12 bits per heavy atom. The normalized spacial score (nSPS) is 19.7. The minimum atomic E-state index is -0.348. The average molecular weight is 330 g/mol. The first-order valence-corrected chi connectivity index (χ1v) is 5.81. The smallest absolute Gasteiger partial charge is 0.332 e. The number of nitrogens with zero attached hydrogens (tertiary/aromatic N) is 1. The predicted octanol–water partition coefficient (Wildman–Crippen LogP) is 2.42. The maximum atomic E-state index is 11.3. The minimum Gasteiger partial charge on any atom is -0.350 e. The number of carbonyl (C=O) groups excluding carboxylic acids is 1. The first-order valence-electron chi connectivity index (χ1n) is 4.85. The molecule has 84 valence electrons. The van der Waals surface area contributed by atoms with Gasteiger partial charge in [-0.15, -0.1) is 0 Å². The van der Waals surface area contributed by atoms with Gasteiger partial charge in [0.15, 0.2) is 6.23 Å². The van der Waals surface area contributed by atoms with E-state index in [1.54, 1.807) is 12.3 Å². The fourth-order valence-corrected chi connectivity index (χ4v) is 1.64. The van der Waals surface area contributed by atoms with Crippen LogP contribution in [-0.2, 0) is 11.3 Å². The van der Waals surface area contributed by atoms with Crippen molar-refractivity contribution in [3.8, 4) is 0 Å². The van der Waals surface area contributed by atoms with E-state index in [4.69, 9.17) is 4.74 Å². The Bertz CT molecular complexity index is 394. The third-order valence-corrected chi connectivity index (χ3v) is 2.88. The minimum absolute atomic E-state index is 0.166. The Labute approximate surface area is 108 Å². The van der Waals surface area contributed by atoms with Crippen LogP contribution in [0.1, 0.15) is 5.56 Å². The zero-order chi connectivity index (χ0) is 11.4. The number of amides is 2. The number of carbonyl (C=O) groups is 1. The third kappa shape index (κ3) is 2.96. The fourth-order valence-electron chi connectivity index (χ4n) is 1.31. The number of halogens is 1. The van der Waals surface area contributed by atoms with Crippen molar-refractivity contribution < 1.29 is 9.53 Å². The van der Waals surface area contributed by atoms with Crippen molar-refractivity contribution >= 4 is 28.9 Å². The Kier molecular flexibility index (Phi) is 3.79. The lowest BCUT2D eigenvalue weighted by atomic mass is 10.2. The maximum absolute atomic E-state index is 11.3. The molecule has 0 fully saturated rings. The highest BCUT2D eigenvalue weighted by molar-refractivity contribution is 14.1. The highest BCUT2D eigenvalue weighted by Gasteiger charge is 2.18. The van der Waals surface area contributed by atoms with Crippen LogP contribution in [0.5, 0.6) is 0 Å². The molecule has 1 aromatic rings. The molecule has 0 saturated heterocycles. The molecule has 0 aliphatic carbocycles. The molecule has 1 N–H and O–H groups in total. The second-order valence-corrected chi connectivity index (χ2v) is 4.36. The molecule has 1 unspecified atom stereocenters.